The van der Waals surface area contributed by atoms with Crippen LogP contribution in [-0.4, -0.2) is 35.7 Å². The lowest BCUT2D eigenvalue weighted by molar-refractivity contribution is -0.138. The van der Waals surface area contributed by atoms with E-state index in [4.69, 9.17) is 21.4 Å². The van der Waals surface area contributed by atoms with E-state index in [-0.39, 0.29) is 18.9 Å². The summed E-state index contributed by atoms with van der Waals surface area (Å²) in [4.78, 5) is 25.3. The number of ether oxygens (including phenoxy) is 1. The molecule has 25 heavy (non-hydrogen) atoms. The third kappa shape index (κ3) is 4.03. The highest BCUT2D eigenvalue weighted by atomic mass is 35.5. The Morgan fingerprint density at radius 1 is 1.40 bits per heavy atom. The predicted molar refractivity (Wildman–Crippen MR) is 97.4 cm³/mol. The SMILES string of the molecule is Cc1cc(C(=O)NC2(CC(=O)O)CCOC2)sc1-c1cccc(Cl)c1. The third-order valence-electron chi connectivity index (χ3n) is 4.20. The van der Waals surface area contributed by atoms with Gasteiger partial charge in [0.25, 0.3) is 5.91 Å². The van der Waals surface area contributed by atoms with E-state index in [1.165, 1.54) is 11.3 Å². The first-order valence-electron chi connectivity index (χ1n) is 7.87. The fraction of sp³-hybridized carbons (Fsp3) is 0.333. The Morgan fingerprint density at radius 3 is 2.84 bits per heavy atom. The number of aryl methyl sites for hydroxylation is 1. The maximum atomic E-state index is 12.7. The van der Waals surface area contributed by atoms with Gasteiger partial charge in [-0.05, 0) is 42.7 Å². The van der Waals surface area contributed by atoms with Crippen molar-refractivity contribution < 1.29 is 19.4 Å². The monoisotopic (exact) mass is 379 g/mol. The van der Waals surface area contributed by atoms with Crippen LogP contribution in [-0.2, 0) is 9.53 Å². The summed E-state index contributed by atoms with van der Waals surface area (Å²) in [7, 11) is 0. The van der Waals surface area contributed by atoms with Crippen LogP contribution in [0, 0.1) is 6.92 Å². The Hall–Kier alpha value is -1.89. The predicted octanol–water partition coefficient (Wildman–Crippen LogP) is 3.74. The van der Waals surface area contributed by atoms with Crippen LogP contribution in [0.25, 0.3) is 10.4 Å². The first-order valence-corrected chi connectivity index (χ1v) is 9.06. The molecular formula is C18H18ClNO4S. The number of nitrogens with one attached hydrogen (secondary N) is 1. The van der Waals surface area contributed by atoms with E-state index in [0.717, 1.165) is 16.0 Å². The minimum absolute atomic E-state index is 0.149. The fourth-order valence-corrected chi connectivity index (χ4v) is 4.25. The highest BCUT2D eigenvalue weighted by Crippen LogP contribution is 2.34. The Kier molecular flexibility index (Phi) is 5.13. The summed E-state index contributed by atoms with van der Waals surface area (Å²) in [5.74, 6) is -1.22. The molecule has 2 N–H and O–H groups in total. The molecule has 1 aromatic heterocycles. The summed E-state index contributed by atoms with van der Waals surface area (Å²) in [5, 5.41) is 12.7. The molecular weight excluding hydrogens is 362 g/mol. The lowest BCUT2D eigenvalue weighted by Gasteiger charge is -2.26. The van der Waals surface area contributed by atoms with Crippen LogP contribution in [0.5, 0.6) is 0 Å². The van der Waals surface area contributed by atoms with Crippen molar-refractivity contribution in [2.75, 3.05) is 13.2 Å². The highest BCUT2D eigenvalue weighted by molar-refractivity contribution is 7.17. The molecule has 132 valence electrons. The van der Waals surface area contributed by atoms with Crippen molar-refractivity contribution in [3.63, 3.8) is 0 Å². The average molecular weight is 380 g/mol. The molecule has 7 heteroatoms. The Bertz CT molecular complexity index is 811. The molecule has 2 aromatic rings. The van der Waals surface area contributed by atoms with Crippen molar-refractivity contribution >= 4 is 34.8 Å². The molecule has 3 rings (SSSR count). The first-order chi connectivity index (χ1) is 11.9. The van der Waals surface area contributed by atoms with Crippen molar-refractivity contribution in [2.24, 2.45) is 0 Å². The summed E-state index contributed by atoms with van der Waals surface area (Å²) in [5.41, 5.74) is 1.10. The maximum absolute atomic E-state index is 12.7. The Balaban J connectivity index is 1.83. The van der Waals surface area contributed by atoms with Gasteiger partial charge in [0, 0.05) is 16.5 Å². The summed E-state index contributed by atoms with van der Waals surface area (Å²) in [6, 6.07) is 9.30. The number of carboxylic acids is 1. The zero-order valence-corrected chi connectivity index (χ0v) is 15.2. The molecule has 1 amide bonds. The molecule has 0 aliphatic carbocycles. The quantitative estimate of drug-likeness (QED) is 0.829. The molecule has 0 bridgehead atoms. The second kappa shape index (κ2) is 7.15. The van der Waals surface area contributed by atoms with Crippen LogP contribution in [0.3, 0.4) is 0 Å². The lowest BCUT2D eigenvalue weighted by Crippen LogP contribution is -2.50. The van der Waals surface area contributed by atoms with E-state index in [0.29, 0.717) is 22.9 Å². The number of hydrogen-bond acceptors (Lipinski definition) is 4. The zero-order valence-electron chi connectivity index (χ0n) is 13.7. The number of halogens is 1. The van der Waals surface area contributed by atoms with Gasteiger partial charge >= 0.3 is 5.97 Å². The number of amides is 1. The largest absolute Gasteiger partial charge is 0.481 e. The van der Waals surface area contributed by atoms with Gasteiger partial charge in [0.15, 0.2) is 0 Å². The maximum Gasteiger partial charge on any atom is 0.305 e. The smallest absolute Gasteiger partial charge is 0.305 e. The molecule has 1 saturated heterocycles. The van der Waals surface area contributed by atoms with E-state index in [1.54, 1.807) is 6.07 Å². The molecule has 2 heterocycles. The van der Waals surface area contributed by atoms with Gasteiger partial charge in [0.1, 0.15) is 0 Å². The number of carbonyl (C=O) groups excluding carboxylic acids is 1. The Labute approximate surface area is 154 Å². The Morgan fingerprint density at radius 2 is 2.20 bits per heavy atom. The topological polar surface area (TPSA) is 75.6 Å². The second-order valence-corrected chi connectivity index (χ2v) is 7.73. The van der Waals surface area contributed by atoms with Crippen molar-refractivity contribution in [1.29, 1.82) is 0 Å². The van der Waals surface area contributed by atoms with E-state index in [2.05, 4.69) is 5.32 Å². The van der Waals surface area contributed by atoms with E-state index < -0.39 is 11.5 Å². The minimum Gasteiger partial charge on any atom is -0.481 e. The van der Waals surface area contributed by atoms with E-state index in [9.17, 15) is 9.59 Å². The first kappa shape index (κ1) is 17.9. The molecule has 1 aromatic carbocycles. The van der Waals surface area contributed by atoms with Gasteiger partial charge < -0.3 is 15.2 Å². The normalized spacial score (nSPS) is 19.8. The summed E-state index contributed by atoms with van der Waals surface area (Å²) in [6.07, 6.45) is 0.348. The number of aliphatic carboxylic acids is 1. The van der Waals surface area contributed by atoms with Crippen LogP contribution >= 0.6 is 22.9 Å². The number of carboxylic acid groups (broad SMARTS) is 1. The molecule has 1 aliphatic rings. The van der Waals surface area contributed by atoms with E-state index in [1.807, 2.05) is 31.2 Å². The van der Waals surface area contributed by atoms with Gasteiger partial charge in [-0.3, -0.25) is 9.59 Å². The second-order valence-electron chi connectivity index (χ2n) is 6.24. The summed E-state index contributed by atoms with van der Waals surface area (Å²) < 4.78 is 5.32. The van der Waals surface area contributed by atoms with Gasteiger partial charge in [0.05, 0.1) is 23.4 Å². The van der Waals surface area contributed by atoms with Gasteiger partial charge in [0.2, 0.25) is 0 Å². The molecule has 1 aliphatic heterocycles. The number of thiophene rings is 1. The van der Waals surface area contributed by atoms with Crippen LogP contribution in [0.2, 0.25) is 5.02 Å². The van der Waals surface area contributed by atoms with Gasteiger partial charge in [-0.2, -0.15) is 0 Å². The molecule has 0 spiro atoms. The number of carbonyl (C=O) groups is 2. The molecule has 1 atom stereocenters. The van der Waals surface area contributed by atoms with Crippen molar-refractivity contribution in [1.82, 2.24) is 5.32 Å². The third-order valence-corrected chi connectivity index (χ3v) is 5.72. The van der Waals surface area contributed by atoms with Crippen molar-refractivity contribution in [2.45, 2.75) is 25.3 Å². The molecule has 5 nitrogen and oxygen atoms in total. The average Bonchev–Trinajstić information content (AvgIpc) is 3.13. The van der Waals surface area contributed by atoms with Crippen LogP contribution < -0.4 is 5.32 Å². The van der Waals surface area contributed by atoms with Gasteiger partial charge in [-0.15, -0.1) is 11.3 Å². The zero-order chi connectivity index (χ0) is 18.0. The van der Waals surface area contributed by atoms with Crippen LogP contribution in [0.4, 0.5) is 0 Å². The standard InChI is InChI=1S/C18H18ClNO4S/c1-11-7-14(25-16(11)12-3-2-4-13(19)8-12)17(23)20-18(9-15(21)22)5-6-24-10-18/h2-4,7-8H,5-6,9-10H2,1H3,(H,20,23)(H,21,22). The van der Waals surface area contributed by atoms with Crippen LogP contribution in [0.1, 0.15) is 28.1 Å². The lowest BCUT2D eigenvalue weighted by atomic mass is 9.94. The molecule has 1 unspecified atom stereocenters. The van der Waals surface area contributed by atoms with Gasteiger partial charge in [-0.25, -0.2) is 0 Å². The van der Waals surface area contributed by atoms with Crippen molar-refractivity contribution in [3.8, 4) is 10.4 Å². The van der Waals surface area contributed by atoms with E-state index >= 15 is 0 Å². The fourth-order valence-electron chi connectivity index (χ4n) is 2.99. The number of hydrogen-bond donors (Lipinski definition) is 2. The summed E-state index contributed by atoms with van der Waals surface area (Å²) >= 11 is 7.42. The molecule has 1 fully saturated rings. The van der Waals surface area contributed by atoms with Crippen LogP contribution in [0.15, 0.2) is 30.3 Å². The highest BCUT2D eigenvalue weighted by Gasteiger charge is 2.39. The summed E-state index contributed by atoms with van der Waals surface area (Å²) in [6.45, 7) is 2.61. The molecule has 0 radical (unpaired) electrons. The molecule has 0 saturated carbocycles. The minimum atomic E-state index is -0.951. The van der Waals surface area contributed by atoms with Gasteiger partial charge in [-0.1, -0.05) is 23.7 Å². The number of rotatable bonds is 5. The number of benzene rings is 1. The van der Waals surface area contributed by atoms with Crippen molar-refractivity contribution in [3.05, 3.63) is 45.8 Å².